The van der Waals surface area contributed by atoms with Gasteiger partial charge in [0.05, 0.1) is 11.4 Å². The summed E-state index contributed by atoms with van der Waals surface area (Å²) in [7, 11) is -3.38. The Labute approximate surface area is 181 Å². The molecule has 0 radical (unpaired) electrons. The molecule has 30 heavy (non-hydrogen) atoms. The Hall–Kier alpha value is -2.49. The molecule has 8 nitrogen and oxygen atoms in total. The first-order chi connectivity index (χ1) is 14.3. The van der Waals surface area contributed by atoms with Crippen molar-refractivity contribution in [1.82, 2.24) is 24.3 Å². The van der Waals surface area contributed by atoms with Crippen molar-refractivity contribution in [2.24, 2.45) is 0 Å². The molecule has 0 atom stereocenters. The molecule has 0 amide bonds. The summed E-state index contributed by atoms with van der Waals surface area (Å²) >= 11 is 5.88. The number of sulfonamides is 1. The van der Waals surface area contributed by atoms with E-state index in [0.29, 0.717) is 37.0 Å². The van der Waals surface area contributed by atoms with Crippen LogP contribution in [0.25, 0.3) is 5.82 Å². The molecule has 2 aromatic heterocycles. The standard InChI is InChI=1S/C20H23ClN6O2S/c1-15-13-16(2)27(24-15)20-8-7-19(22-23-20)25-9-11-26(12-10-25)30(28,29)14-17-3-5-18(21)6-4-17/h3-8,13H,9-12,14H2,1-2H3. The predicted octanol–water partition coefficient (Wildman–Crippen LogP) is 2.58. The van der Waals surface area contributed by atoms with Crippen LogP contribution in [0.15, 0.2) is 42.5 Å². The number of halogens is 1. The quantitative estimate of drug-likeness (QED) is 0.599. The van der Waals surface area contributed by atoms with Crippen molar-refractivity contribution in [2.45, 2.75) is 19.6 Å². The molecule has 0 unspecified atom stereocenters. The molecule has 0 bridgehead atoms. The molecule has 3 aromatic rings. The van der Waals surface area contributed by atoms with E-state index in [2.05, 4.69) is 15.3 Å². The summed E-state index contributed by atoms with van der Waals surface area (Å²) in [5, 5.41) is 13.6. The van der Waals surface area contributed by atoms with Crippen LogP contribution in [-0.4, -0.2) is 58.9 Å². The van der Waals surface area contributed by atoms with Crippen LogP contribution in [0.5, 0.6) is 0 Å². The first-order valence-corrected chi connectivity index (χ1v) is 11.7. The third-order valence-electron chi connectivity index (χ3n) is 5.08. The number of aromatic nitrogens is 4. The second-order valence-electron chi connectivity index (χ2n) is 7.36. The maximum Gasteiger partial charge on any atom is 0.218 e. The molecule has 4 rings (SSSR count). The number of piperazine rings is 1. The number of aryl methyl sites for hydroxylation is 2. The molecule has 0 aliphatic carbocycles. The van der Waals surface area contributed by atoms with Crippen LogP contribution < -0.4 is 4.90 Å². The minimum Gasteiger partial charge on any atom is -0.352 e. The Bertz CT molecular complexity index is 1120. The summed E-state index contributed by atoms with van der Waals surface area (Å²) in [4.78, 5) is 2.05. The van der Waals surface area contributed by atoms with Crippen LogP contribution in [0.3, 0.4) is 0 Å². The van der Waals surface area contributed by atoms with Gasteiger partial charge in [-0.25, -0.2) is 13.1 Å². The van der Waals surface area contributed by atoms with Crippen molar-refractivity contribution in [2.75, 3.05) is 31.1 Å². The van der Waals surface area contributed by atoms with Crippen molar-refractivity contribution >= 4 is 27.4 Å². The number of benzene rings is 1. The Morgan fingerprint density at radius 3 is 2.13 bits per heavy atom. The van der Waals surface area contributed by atoms with Crippen LogP contribution in [0.2, 0.25) is 5.02 Å². The minimum absolute atomic E-state index is 0.0265. The van der Waals surface area contributed by atoms with Crippen molar-refractivity contribution < 1.29 is 8.42 Å². The minimum atomic E-state index is -3.38. The number of anilines is 1. The van der Waals surface area contributed by atoms with E-state index in [0.717, 1.165) is 22.8 Å². The number of hydrogen-bond acceptors (Lipinski definition) is 6. The highest BCUT2D eigenvalue weighted by atomic mass is 35.5. The fourth-order valence-electron chi connectivity index (χ4n) is 3.54. The lowest BCUT2D eigenvalue weighted by Crippen LogP contribution is -2.49. The molecule has 0 saturated carbocycles. The van der Waals surface area contributed by atoms with Gasteiger partial charge in [0.25, 0.3) is 0 Å². The zero-order chi connectivity index (χ0) is 21.3. The highest BCUT2D eigenvalue weighted by Crippen LogP contribution is 2.19. The first kappa shape index (κ1) is 20.8. The van der Waals surface area contributed by atoms with Crippen molar-refractivity contribution in [3.8, 4) is 5.82 Å². The maximum atomic E-state index is 12.8. The van der Waals surface area contributed by atoms with E-state index in [4.69, 9.17) is 11.6 Å². The number of hydrogen-bond donors (Lipinski definition) is 0. The monoisotopic (exact) mass is 446 g/mol. The third-order valence-corrected chi connectivity index (χ3v) is 7.18. The van der Waals surface area contributed by atoms with E-state index in [1.807, 2.05) is 36.9 Å². The molecule has 1 saturated heterocycles. The molecule has 0 N–H and O–H groups in total. The highest BCUT2D eigenvalue weighted by molar-refractivity contribution is 7.88. The second-order valence-corrected chi connectivity index (χ2v) is 9.76. The fourth-order valence-corrected chi connectivity index (χ4v) is 5.18. The molecule has 3 heterocycles. The van der Waals surface area contributed by atoms with Crippen LogP contribution >= 0.6 is 11.6 Å². The van der Waals surface area contributed by atoms with E-state index < -0.39 is 10.0 Å². The van der Waals surface area contributed by atoms with Gasteiger partial charge < -0.3 is 4.90 Å². The number of nitrogens with zero attached hydrogens (tertiary/aromatic N) is 6. The fraction of sp³-hybridized carbons (Fsp3) is 0.350. The summed E-state index contributed by atoms with van der Waals surface area (Å²) in [6.45, 7) is 5.86. The van der Waals surface area contributed by atoms with Crippen molar-refractivity contribution in [1.29, 1.82) is 0 Å². The topological polar surface area (TPSA) is 84.2 Å². The van der Waals surface area contributed by atoms with Gasteiger partial charge >= 0.3 is 0 Å². The lowest BCUT2D eigenvalue weighted by molar-refractivity contribution is 0.383. The average Bonchev–Trinajstić information content (AvgIpc) is 3.08. The van der Waals surface area contributed by atoms with E-state index >= 15 is 0 Å². The largest absolute Gasteiger partial charge is 0.352 e. The molecule has 1 aromatic carbocycles. The van der Waals surface area contributed by atoms with E-state index in [9.17, 15) is 8.42 Å². The van der Waals surface area contributed by atoms with Crippen LogP contribution in [0, 0.1) is 13.8 Å². The van der Waals surface area contributed by atoms with E-state index in [1.54, 1.807) is 28.9 Å². The SMILES string of the molecule is Cc1cc(C)n(-c2ccc(N3CCN(S(=O)(=O)Cc4ccc(Cl)cc4)CC3)nn2)n1. The van der Waals surface area contributed by atoms with Crippen LogP contribution in [0.1, 0.15) is 17.0 Å². The Morgan fingerprint density at radius 2 is 1.57 bits per heavy atom. The molecule has 10 heteroatoms. The molecule has 1 aliphatic heterocycles. The number of rotatable bonds is 5. The van der Waals surface area contributed by atoms with Gasteiger partial charge in [-0.1, -0.05) is 23.7 Å². The van der Waals surface area contributed by atoms with Gasteiger partial charge in [0.2, 0.25) is 10.0 Å². The van der Waals surface area contributed by atoms with E-state index in [-0.39, 0.29) is 5.75 Å². The summed E-state index contributed by atoms with van der Waals surface area (Å²) in [5.41, 5.74) is 2.65. The van der Waals surface area contributed by atoms with Crippen LogP contribution in [-0.2, 0) is 15.8 Å². The smallest absolute Gasteiger partial charge is 0.218 e. The summed E-state index contributed by atoms with van der Waals surface area (Å²) < 4.78 is 28.8. The van der Waals surface area contributed by atoms with Gasteiger partial charge in [-0.3, -0.25) is 0 Å². The Morgan fingerprint density at radius 1 is 0.933 bits per heavy atom. The van der Waals surface area contributed by atoms with Gasteiger partial charge in [0, 0.05) is 36.9 Å². The maximum absolute atomic E-state index is 12.8. The third kappa shape index (κ3) is 4.48. The molecular weight excluding hydrogens is 424 g/mol. The molecule has 158 valence electrons. The summed E-state index contributed by atoms with van der Waals surface area (Å²) in [6.07, 6.45) is 0. The van der Waals surface area contributed by atoms with Crippen LogP contribution in [0.4, 0.5) is 5.82 Å². The van der Waals surface area contributed by atoms with Gasteiger partial charge in [-0.2, -0.15) is 9.40 Å². The normalized spacial score (nSPS) is 15.5. The first-order valence-electron chi connectivity index (χ1n) is 9.66. The lowest BCUT2D eigenvalue weighted by Gasteiger charge is -2.34. The predicted molar refractivity (Wildman–Crippen MR) is 116 cm³/mol. The van der Waals surface area contributed by atoms with E-state index in [1.165, 1.54) is 4.31 Å². The second kappa shape index (κ2) is 8.33. The van der Waals surface area contributed by atoms with Gasteiger partial charge in [-0.05, 0) is 49.7 Å². The van der Waals surface area contributed by atoms with Crippen molar-refractivity contribution in [3.63, 3.8) is 0 Å². The highest BCUT2D eigenvalue weighted by Gasteiger charge is 2.27. The summed E-state index contributed by atoms with van der Waals surface area (Å²) in [6, 6.07) is 12.7. The lowest BCUT2D eigenvalue weighted by atomic mass is 10.2. The Balaban J connectivity index is 1.39. The average molecular weight is 447 g/mol. The molecule has 1 aliphatic rings. The zero-order valence-corrected chi connectivity index (χ0v) is 18.4. The zero-order valence-electron chi connectivity index (χ0n) is 16.9. The van der Waals surface area contributed by atoms with Gasteiger partial charge in [0.1, 0.15) is 0 Å². The molecule has 0 spiro atoms. The Kier molecular flexibility index (Phi) is 5.77. The van der Waals surface area contributed by atoms with Crippen molar-refractivity contribution in [3.05, 3.63) is 64.4 Å². The summed E-state index contributed by atoms with van der Waals surface area (Å²) in [5.74, 6) is 1.37. The van der Waals surface area contributed by atoms with Gasteiger partial charge in [-0.15, -0.1) is 10.2 Å². The molecular formula is C20H23ClN6O2S. The van der Waals surface area contributed by atoms with Gasteiger partial charge in [0.15, 0.2) is 11.6 Å². The molecule has 1 fully saturated rings.